The van der Waals surface area contributed by atoms with Crippen LogP contribution in [0, 0.1) is 0 Å². The molecule has 0 spiro atoms. The first-order valence-electron chi connectivity index (χ1n) is 6.06. The lowest BCUT2D eigenvalue weighted by molar-refractivity contribution is -0.0553. The van der Waals surface area contributed by atoms with Crippen molar-refractivity contribution in [2.75, 3.05) is 33.2 Å². The summed E-state index contributed by atoms with van der Waals surface area (Å²) in [6.07, 6.45) is 7.12. The van der Waals surface area contributed by atoms with Crippen molar-refractivity contribution in [3.05, 3.63) is 0 Å². The number of hydrogen-bond donors (Lipinski definition) is 1. The summed E-state index contributed by atoms with van der Waals surface area (Å²) in [5, 5.41) is 8.44. The van der Waals surface area contributed by atoms with Crippen LogP contribution >= 0.6 is 0 Å². The number of piperazine rings is 1. The molecule has 0 aromatic heterocycles. The molecule has 1 saturated carbocycles. The predicted molar refractivity (Wildman–Crippen MR) is 59.1 cm³/mol. The second-order valence-corrected chi connectivity index (χ2v) is 4.57. The normalized spacial score (nSPS) is 27.0. The Kier molecular flexibility index (Phi) is 3.79. The van der Waals surface area contributed by atoms with E-state index in [-0.39, 0.29) is 0 Å². The monoisotopic (exact) mass is 197 g/mol. The summed E-state index contributed by atoms with van der Waals surface area (Å²) >= 11 is 0. The minimum atomic E-state index is 0.821. The quantitative estimate of drug-likeness (QED) is 0.714. The maximum atomic E-state index is 3.40. The Morgan fingerprint density at radius 1 is 1.07 bits per heavy atom. The van der Waals surface area contributed by atoms with Gasteiger partial charge in [-0.25, -0.2) is 10.0 Å². The summed E-state index contributed by atoms with van der Waals surface area (Å²) in [5.74, 6) is 0. The molecule has 82 valence electrons. The van der Waals surface area contributed by atoms with Crippen molar-refractivity contribution >= 4 is 0 Å². The molecule has 1 N–H and O–H groups in total. The molecule has 3 nitrogen and oxygen atoms in total. The number of hydrogen-bond acceptors (Lipinski definition) is 3. The van der Waals surface area contributed by atoms with Crippen molar-refractivity contribution in [1.82, 2.24) is 15.3 Å². The second-order valence-electron chi connectivity index (χ2n) is 4.57. The summed E-state index contributed by atoms with van der Waals surface area (Å²) in [5.41, 5.74) is 0. The molecular weight excluding hydrogens is 174 g/mol. The Morgan fingerprint density at radius 3 is 2.36 bits per heavy atom. The minimum Gasteiger partial charge on any atom is -0.314 e. The van der Waals surface area contributed by atoms with E-state index in [4.69, 9.17) is 0 Å². The third-order valence-electron chi connectivity index (χ3n) is 3.64. The fraction of sp³-hybridized carbons (Fsp3) is 1.00. The Balaban J connectivity index is 1.82. The van der Waals surface area contributed by atoms with E-state index < -0.39 is 0 Å². The van der Waals surface area contributed by atoms with Crippen LogP contribution in [0.1, 0.15) is 32.1 Å². The number of rotatable bonds is 2. The molecule has 2 rings (SSSR count). The second kappa shape index (κ2) is 5.10. The van der Waals surface area contributed by atoms with Crippen LogP contribution in [0.2, 0.25) is 0 Å². The van der Waals surface area contributed by atoms with Crippen molar-refractivity contribution < 1.29 is 0 Å². The third-order valence-corrected chi connectivity index (χ3v) is 3.64. The van der Waals surface area contributed by atoms with E-state index in [0.29, 0.717) is 0 Å². The molecule has 0 amide bonds. The van der Waals surface area contributed by atoms with Gasteiger partial charge in [0.2, 0.25) is 0 Å². The average Bonchev–Trinajstić information content (AvgIpc) is 2.30. The molecule has 0 unspecified atom stereocenters. The summed E-state index contributed by atoms with van der Waals surface area (Å²) < 4.78 is 0. The van der Waals surface area contributed by atoms with Crippen LogP contribution in [0.4, 0.5) is 0 Å². The van der Waals surface area contributed by atoms with Gasteiger partial charge in [-0.2, -0.15) is 0 Å². The van der Waals surface area contributed by atoms with E-state index >= 15 is 0 Å². The van der Waals surface area contributed by atoms with Crippen LogP contribution in [-0.2, 0) is 0 Å². The average molecular weight is 197 g/mol. The van der Waals surface area contributed by atoms with Crippen LogP contribution in [0.5, 0.6) is 0 Å². The van der Waals surface area contributed by atoms with Crippen LogP contribution in [0.15, 0.2) is 0 Å². The molecule has 2 fully saturated rings. The smallest absolute Gasteiger partial charge is 0.0259 e. The maximum Gasteiger partial charge on any atom is 0.0259 e. The van der Waals surface area contributed by atoms with Gasteiger partial charge >= 0.3 is 0 Å². The molecule has 1 aliphatic carbocycles. The van der Waals surface area contributed by atoms with Gasteiger partial charge in [0.15, 0.2) is 0 Å². The predicted octanol–water partition coefficient (Wildman–Crippen LogP) is 1.07. The molecule has 1 aliphatic heterocycles. The molecule has 3 heteroatoms. The van der Waals surface area contributed by atoms with Gasteiger partial charge in [-0.15, -0.1) is 0 Å². The van der Waals surface area contributed by atoms with Crippen molar-refractivity contribution in [3.8, 4) is 0 Å². The van der Waals surface area contributed by atoms with Crippen molar-refractivity contribution in [1.29, 1.82) is 0 Å². The molecule has 2 aliphatic rings. The highest BCUT2D eigenvalue weighted by Gasteiger charge is 2.23. The molecule has 0 bridgehead atoms. The largest absolute Gasteiger partial charge is 0.314 e. The molecule has 1 saturated heterocycles. The lowest BCUT2D eigenvalue weighted by Gasteiger charge is -2.41. The molecular formula is C11H23N3. The third kappa shape index (κ3) is 2.47. The molecule has 0 aromatic carbocycles. The van der Waals surface area contributed by atoms with Gasteiger partial charge in [-0.1, -0.05) is 19.3 Å². The number of hydrazine groups is 1. The highest BCUT2D eigenvalue weighted by atomic mass is 15.6. The summed E-state index contributed by atoms with van der Waals surface area (Å²) in [4.78, 5) is 0. The highest BCUT2D eigenvalue weighted by molar-refractivity contribution is 4.74. The zero-order valence-electron chi connectivity index (χ0n) is 9.34. The summed E-state index contributed by atoms with van der Waals surface area (Å²) in [7, 11) is 2.28. The van der Waals surface area contributed by atoms with E-state index in [1.54, 1.807) is 0 Å². The zero-order valence-corrected chi connectivity index (χ0v) is 9.34. The van der Waals surface area contributed by atoms with Gasteiger partial charge in [-0.3, -0.25) is 0 Å². The number of nitrogens with zero attached hydrogens (tertiary/aromatic N) is 2. The lowest BCUT2D eigenvalue weighted by atomic mass is 9.95. The molecule has 1 heterocycles. The first-order valence-corrected chi connectivity index (χ1v) is 6.06. The van der Waals surface area contributed by atoms with Crippen LogP contribution in [-0.4, -0.2) is 49.3 Å². The van der Waals surface area contributed by atoms with E-state index in [9.17, 15) is 0 Å². The molecule has 0 radical (unpaired) electrons. The fourth-order valence-electron chi connectivity index (χ4n) is 2.65. The molecule has 14 heavy (non-hydrogen) atoms. The Hall–Kier alpha value is -0.120. The molecule has 0 atom stereocenters. The van der Waals surface area contributed by atoms with Gasteiger partial charge in [0.25, 0.3) is 0 Å². The Bertz CT molecular complexity index is 142. The highest BCUT2D eigenvalue weighted by Crippen LogP contribution is 2.22. The Labute approximate surface area is 87.4 Å². The van der Waals surface area contributed by atoms with Gasteiger partial charge in [-0.05, 0) is 12.8 Å². The van der Waals surface area contributed by atoms with Gasteiger partial charge < -0.3 is 5.32 Å². The first kappa shape index (κ1) is 10.4. The topological polar surface area (TPSA) is 18.5 Å². The lowest BCUT2D eigenvalue weighted by Crippen LogP contribution is -2.54. The van der Waals surface area contributed by atoms with Crippen LogP contribution < -0.4 is 5.32 Å². The summed E-state index contributed by atoms with van der Waals surface area (Å²) in [6.45, 7) is 4.67. The molecule has 0 aromatic rings. The minimum absolute atomic E-state index is 0.821. The van der Waals surface area contributed by atoms with Crippen LogP contribution in [0.25, 0.3) is 0 Å². The van der Waals surface area contributed by atoms with Crippen LogP contribution in [0.3, 0.4) is 0 Å². The van der Waals surface area contributed by atoms with Crippen molar-refractivity contribution in [3.63, 3.8) is 0 Å². The van der Waals surface area contributed by atoms with E-state index in [0.717, 1.165) is 19.1 Å². The van der Waals surface area contributed by atoms with E-state index in [2.05, 4.69) is 22.4 Å². The zero-order chi connectivity index (χ0) is 9.80. The summed E-state index contributed by atoms with van der Waals surface area (Å²) in [6, 6.07) is 0.821. The van der Waals surface area contributed by atoms with Crippen molar-refractivity contribution in [2.24, 2.45) is 0 Å². The number of nitrogens with one attached hydrogen (secondary N) is 1. The van der Waals surface area contributed by atoms with Gasteiger partial charge in [0.1, 0.15) is 0 Å². The standard InChI is InChI=1S/C11H23N3/c1-13(11-5-3-2-4-6-11)14-9-7-12-8-10-14/h11-12H,2-10H2,1H3. The van der Waals surface area contributed by atoms with E-state index in [1.807, 2.05) is 0 Å². The van der Waals surface area contributed by atoms with Gasteiger partial charge in [0.05, 0.1) is 0 Å². The maximum absolute atomic E-state index is 3.40. The first-order chi connectivity index (χ1) is 6.88. The van der Waals surface area contributed by atoms with E-state index in [1.165, 1.54) is 45.2 Å². The Morgan fingerprint density at radius 2 is 1.71 bits per heavy atom. The van der Waals surface area contributed by atoms with Gasteiger partial charge in [0, 0.05) is 39.3 Å². The van der Waals surface area contributed by atoms with Crippen molar-refractivity contribution in [2.45, 2.75) is 38.1 Å². The fourth-order valence-corrected chi connectivity index (χ4v) is 2.65. The SMILES string of the molecule is CN(C1CCCCC1)N1CCNCC1.